The van der Waals surface area contributed by atoms with Gasteiger partial charge in [-0.25, -0.2) is 0 Å². The van der Waals surface area contributed by atoms with Crippen LogP contribution in [0.15, 0.2) is 18.2 Å². The van der Waals surface area contributed by atoms with Crippen molar-refractivity contribution in [3.63, 3.8) is 0 Å². The Balaban J connectivity index is 2.59. The Bertz CT molecular complexity index is 404. The van der Waals surface area contributed by atoms with E-state index in [1.807, 2.05) is 12.1 Å². The molecule has 0 saturated heterocycles. The van der Waals surface area contributed by atoms with Gasteiger partial charge in [-0.3, -0.25) is 0 Å². The fraction of sp³-hybridized carbons (Fsp3) is 0.571. The van der Waals surface area contributed by atoms with Gasteiger partial charge in [0.1, 0.15) is 18.5 Å². The highest BCUT2D eigenvalue weighted by molar-refractivity contribution is 6.32. The van der Waals surface area contributed by atoms with Crippen molar-refractivity contribution in [2.24, 2.45) is 0 Å². The summed E-state index contributed by atoms with van der Waals surface area (Å²) < 4.78 is 5.33. The zero-order valence-electron chi connectivity index (χ0n) is 11.6. The van der Waals surface area contributed by atoms with Crippen LogP contribution in [-0.4, -0.2) is 35.1 Å². The van der Waals surface area contributed by atoms with Gasteiger partial charge in [-0.05, 0) is 38.5 Å². The topological polar surface area (TPSA) is 61.7 Å². The molecule has 1 atom stereocenters. The van der Waals surface area contributed by atoms with Crippen LogP contribution in [0.3, 0.4) is 0 Å². The number of ether oxygens (including phenoxy) is 1. The average Bonchev–Trinajstić information content (AvgIpc) is 2.34. The van der Waals surface area contributed by atoms with E-state index in [0.29, 0.717) is 10.8 Å². The molecule has 0 aliphatic rings. The van der Waals surface area contributed by atoms with Crippen LogP contribution in [0.2, 0.25) is 5.02 Å². The smallest absolute Gasteiger partial charge is 0.138 e. The second kappa shape index (κ2) is 7.10. The summed E-state index contributed by atoms with van der Waals surface area (Å²) >= 11 is 6.11. The Labute approximate surface area is 119 Å². The summed E-state index contributed by atoms with van der Waals surface area (Å²) in [6, 6.07) is 5.53. The van der Waals surface area contributed by atoms with Crippen LogP contribution in [-0.2, 0) is 6.54 Å². The van der Waals surface area contributed by atoms with E-state index < -0.39 is 6.10 Å². The minimum Gasteiger partial charge on any atom is -0.489 e. The van der Waals surface area contributed by atoms with Gasteiger partial charge in [0.25, 0.3) is 0 Å². The molecule has 0 saturated carbocycles. The van der Waals surface area contributed by atoms with Gasteiger partial charge in [-0.15, -0.1) is 0 Å². The van der Waals surface area contributed by atoms with E-state index in [4.69, 9.17) is 21.4 Å². The fourth-order valence-electron chi connectivity index (χ4n) is 1.38. The highest BCUT2D eigenvalue weighted by atomic mass is 35.5. The van der Waals surface area contributed by atoms with Crippen molar-refractivity contribution < 1.29 is 14.9 Å². The summed E-state index contributed by atoms with van der Waals surface area (Å²) in [4.78, 5) is 0. The van der Waals surface area contributed by atoms with Gasteiger partial charge in [0.05, 0.1) is 11.6 Å². The van der Waals surface area contributed by atoms with E-state index in [2.05, 4.69) is 26.1 Å². The Hall–Kier alpha value is -0.810. The van der Waals surface area contributed by atoms with Gasteiger partial charge < -0.3 is 20.3 Å². The van der Waals surface area contributed by atoms with Crippen LogP contribution in [0.1, 0.15) is 26.3 Å². The van der Waals surface area contributed by atoms with E-state index >= 15 is 0 Å². The maximum Gasteiger partial charge on any atom is 0.138 e. The first kappa shape index (κ1) is 16.2. The Kier molecular flexibility index (Phi) is 6.07. The molecular formula is C14H22ClNO3. The van der Waals surface area contributed by atoms with Crippen LogP contribution >= 0.6 is 11.6 Å². The number of benzene rings is 1. The maximum atomic E-state index is 9.21. The molecule has 4 nitrogen and oxygen atoms in total. The molecule has 0 amide bonds. The van der Waals surface area contributed by atoms with Crippen molar-refractivity contribution in [3.8, 4) is 5.75 Å². The monoisotopic (exact) mass is 287 g/mol. The van der Waals surface area contributed by atoms with Crippen LogP contribution in [0, 0.1) is 0 Å². The zero-order chi connectivity index (χ0) is 14.5. The molecule has 0 spiro atoms. The largest absolute Gasteiger partial charge is 0.489 e. The minimum absolute atomic E-state index is 0.0236. The molecule has 0 radical (unpaired) electrons. The Morgan fingerprint density at radius 3 is 2.58 bits per heavy atom. The second-order valence-electron chi connectivity index (χ2n) is 5.52. The molecule has 1 aromatic carbocycles. The first-order valence-corrected chi connectivity index (χ1v) is 6.65. The predicted molar refractivity (Wildman–Crippen MR) is 76.6 cm³/mol. The molecule has 0 aliphatic heterocycles. The molecule has 0 heterocycles. The molecule has 0 bridgehead atoms. The minimum atomic E-state index is -0.890. The summed E-state index contributed by atoms with van der Waals surface area (Å²) in [6.45, 7) is 6.72. The molecule has 0 aliphatic carbocycles. The highest BCUT2D eigenvalue weighted by Crippen LogP contribution is 2.25. The van der Waals surface area contributed by atoms with Crippen molar-refractivity contribution in [2.75, 3.05) is 13.2 Å². The lowest BCUT2D eigenvalue weighted by Crippen LogP contribution is -2.35. The molecule has 19 heavy (non-hydrogen) atoms. The van der Waals surface area contributed by atoms with E-state index in [9.17, 15) is 5.11 Å². The normalized spacial score (nSPS) is 13.4. The first-order chi connectivity index (χ1) is 8.81. The molecule has 1 unspecified atom stereocenters. The lowest BCUT2D eigenvalue weighted by Gasteiger charge is -2.20. The van der Waals surface area contributed by atoms with Gasteiger partial charge in [0.2, 0.25) is 0 Å². The number of hydrogen-bond donors (Lipinski definition) is 3. The number of halogens is 1. The van der Waals surface area contributed by atoms with Gasteiger partial charge in [-0.2, -0.15) is 0 Å². The van der Waals surface area contributed by atoms with Gasteiger partial charge in [0.15, 0.2) is 0 Å². The van der Waals surface area contributed by atoms with Crippen molar-refractivity contribution in [2.45, 2.75) is 39.0 Å². The highest BCUT2D eigenvalue weighted by Gasteiger charge is 2.10. The van der Waals surface area contributed by atoms with E-state index in [1.165, 1.54) is 0 Å². The molecule has 5 heteroatoms. The standard InChI is InChI=1S/C14H22ClNO3/c1-14(2,3)16-7-10-4-5-13(12(15)6-10)19-9-11(18)8-17/h4-6,11,16-18H,7-9H2,1-3H3. The third-order valence-corrected chi connectivity index (χ3v) is 2.76. The second-order valence-corrected chi connectivity index (χ2v) is 5.92. The quantitative estimate of drug-likeness (QED) is 0.748. The molecule has 1 aromatic rings. The summed E-state index contributed by atoms with van der Waals surface area (Å²) in [5.41, 5.74) is 1.11. The zero-order valence-corrected chi connectivity index (χ0v) is 12.4. The summed E-state index contributed by atoms with van der Waals surface area (Å²) in [7, 11) is 0. The molecule has 108 valence electrons. The average molecular weight is 288 g/mol. The molecule has 3 N–H and O–H groups in total. The number of hydrogen-bond acceptors (Lipinski definition) is 4. The molecule has 0 fully saturated rings. The third-order valence-electron chi connectivity index (χ3n) is 2.46. The summed E-state index contributed by atoms with van der Waals surface area (Å²) in [5, 5.41) is 21.8. The number of aliphatic hydroxyl groups is 2. The summed E-state index contributed by atoms with van der Waals surface area (Å²) in [6.07, 6.45) is -0.890. The lowest BCUT2D eigenvalue weighted by atomic mass is 10.1. The van der Waals surface area contributed by atoms with Crippen molar-refractivity contribution in [3.05, 3.63) is 28.8 Å². The first-order valence-electron chi connectivity index (χ1n) is 6.27. The maximum absolute atomic E-state index is 9.21. The van der Waals surface area contributed by atoms with Crippen LogP contribution in [0.25, 0.3) is 0 Å². The molecule has 1 rings (SSSR count). The van der Waals surface area contributed by atoms with Crippen LogP contribution in [0.4, 0.5) is 0 Å². The Morgan fingerprint density at radius 2 is 2.05 bits per heavy atom. The predicted octanol–water partition coefficient (Wildman–Crippen LogP) is 1.96. The van der Waals surface area contributed by atoms with Gasteiger partial charge in [0, 0.05) is 12.1 Å². The molecular weight excluding hydrogens is 266 g/mol. The van der Waals surface area contributed by atoms with Crippen molar-refractivity contribution in [1.82, 2.24) is 5.32 Å². The van der Waals surface area contributed by atoms with Crippen molar-refractivity contribution in [1.29, 1.82) is 0 Å². The fourth-order valence-corrected chi connectivity index (χ4v) is 1.63. The lowest BCUT2D eigenvalue weighted by molar-refractivity contribution is 0.0536. The number of aliphatic hydroxyl groups excluding tert-OH is 2. The van der Waals surface area contributed by atoms with Crippen molar-refractivity contribution >= 4 is 11.6 Å². The molecule has 0 aromatic heterocycles. The van der Waals surface area contributed by atoms with E-state index in [0.717, 1.165) is 12.1 Å². The van der Waals surface area contributed by atoms with Gasteiger partial charge in [-0.1, -0.05) is 17.7 Å². The summed E-state index contributed by atoms with van der Waals surface area (Å²) in [5.74, 6) is 0.508. The number of rotatable bonds is 6. The SMILES string of the molecule is CC(C)(C)NCc1ccc(OCC(O)CO)c(Cl)c1. The Morgan fingerprint density at radius 1 is 1.37 bits per heavy atom. The van der Waals surface area contributed by atoms with Crippen LogP contribution in [0.5, 0.6) is 5.75 Å². The van der Waals surface area contributed by atoms with E-state index in [-0.39, 0.29) is 18.8 Å². The van der Waals surface area contributed by atoms with E-state index in [1.54, 1.807) is 6.07 Å². The third kappa shape index (κ3) is 6.25. The van der Waals surface area contributed by atoms with Crippen LogP contribution < -0.4 is 10.1 Å². The number of nitrogens with one attached hydrogen (secondary N) is 1. The van der Waals surface area contributed by atoms with Gasteiger partial charge >= 0.3 is 0 Å².